The van der Waals surface area contributed by atoms with Gasteiger partial charge in [-0.2, -0.15) is 0 Å². The molecule has 0 spiro atoms. The van der Waals surface area contributed by atoms with E-state index in [0.717, 1.165) is 0 Å². The highest BCUT2D eigenvalue weighted by Crippen LogP contribution is 2.45. The fourth-order valence-corrected chi connectivity index (χ4v) is 1.96. The number of carbonyl (C=O) groups is 2. The van der Waals surface area contributed by atoms with E-state index in [1.54, 1.807) is 12.1 Å². The van der Waals surface area contributed by atoms with Crippen LogP contribution in [-0.4, -0.2) is 23.7 Å². The van der Waals surface area contributed by atoms with Crippen LogP contribution in [0.15, 0.2) is 18.2 Å². The van der Waals surface area contributed by atoms with E-state index in [9.17, 15) is 9.59 Å². The monoisotopic (exact) mass is 302 g/mol. The average molecular weight is 303 g/mol. The molecule has 1 saturated carbocycles. The third-order valence-corrected chi connectivity index (χ3v) is 3.64. The lowest BCUT2D eigenvalue weighted by atomic mass is 10.1. The summed E-state index contributed by atoms with van der Waals surface area (Å²) >= 11 is 11.7. The molecule has 0 aromatic heterocycles. The summed E-state index contributed by atoms with van der Waals surface area (Å²) in [4.78, 5) is 22.6. The van der Waals surface area contributed by atoms with Crippen LogP contribution in [0, 0.1) is 5.41 Å². The molecule has 0 atom stereocenters. The standard InChI is InChI=1S/C12H12Cl2N2O3/c13-7-1-2-8(14)9(5-7)16-11(19)15-6-12(3-4-12)10(17)18/h1-2,5H,3-4,6H2,(H,17,18)(H2,15,16,19). The van der Waals surface area contributed by atoms with Crippen LogP contribution >= 0.6 is 23.2 Å². The molecule has 7 heteroatoms. The fraction of sp³-hybridized carbons (Fsp3) is 0.333. The van der Waals surface area contributed by atoms with Crippen LogP contribution in [0.25, 0.3) is 0 Å². The molecule has 1 aromatic rings. The molecule has 19 heavy (non-hydrogen) atoms. The number of carboxylic acids is 1. The summed E-state index contributed by atoms with van der Waals surface area (Å²) in [6, 6.07) is 4.19. The number of carboxylic acid groups (broad SMARTS) is 1. The molecule has 2 rings (SSSR count). The van der Waals surface area contributed by atoms with Gasteiger partial charge in [-0.05, 0) is 31.0 Å². The molecular formula is C12H12Cl2N2O3. The van der Waals surface area contributed by atoms with E-state index in [1.165, 1.54) is 6.07 Å². The first-order chi connectivity index (χ1) is 8.93. The predicted octanol–water partition coefficient (Wildman–Crippen LogP) is 2.98. The maximum atomic E-state index is 11.7. The van der Waals surface area contributed by atoms with Gasteiger partial charge < -0.3 is 15.7 Å². The quantitative estimate of drug-likeness (QED) is 0.800. The average Bonchev–Trinajstić information content (AvgIpc) is 3.12. The van der Waals surface area contributed by atoms with Gasteiger partial charge in [-0.1, -0.05) is 23.2 Å². The SMILES string of the molecule is O=C(NCC1(C(=O)O)CC1)Nc1cc(Cl)ccc1Cl. The second kappa shape index (κ2) is 5.27. The van der Waals surface area contributed by atoms with Gasteiger partial charge in [0.2, 0.25) is 0 Å². The molecule has 1 aromatic carbocycles. The largest absolute Gasteiger partial charge is 0.481 e. The number of anilines is 1. The first kappa shape index (κ1) is 14.0. The van der Waals surface area contributed by atoms with Crippen molar-refractivity contribution in [3.05, 3.63) is 28.2 Å². The van der Waals surface area contributed by atoms with Gasteiger partial charge in [-0.3, -0.25) is 4.79 Å². The zero-order valence-corrected chi connectivity index (χ0v) is 11.4. The highest BCUT2D eigenvalue weighted by Gasteiger charge is 2.50. The van der Waals surface area contributed by atoms with E-state index in [2.05, 4.69) is 10.6 Å². The van der Waals surface area contributed by atoms with E-state index in [4.69, 9.17) is 28.3 Å². The van der Waals surface area contributed by atoms with E-state index in [-0.39, 0.29) is 6.54 Å². The van der Waals surface area contributed by atoms with Gasteiger partial charge in [0, 0.05) is 11.6 Å². The number of hydrogen-bond acceptors (Lipinski definition) is 2. The Labute approximate surface area is 119 Å². The first-order valence-electron chi connectivity index (χ1n) is 5.66. The third kappa shape index (κ3) is 3.30. The van der Waals surface area contributed by atoms with Gasteiger partial charge in [0.05, 0.1) is 16.1 Å². The lowest BCUT2D eigenvalue weighted by molar-refractivity contribution is -0.143. The number of nitrogens with one attached hydrogen (secondary N) is 2. The Balaban J connectivity index is 1.91. The van der Waals surface area contributed by atoms with Crippen LogP contribution in [0.3, 0.4) is 0 Å². The van der Waals surface area contributed by atoms with E-state index >= 15 is 0 Å². The number of carbonyl (C=O) groups excluding carboxylic acids is 1. The molecule has 5 nitrogen and oxygen atoms in total. The number of rotatable bonds is 4. The number of aliphatic carboxylic acids is 1. The van der Waals surface area contributed by atoms with Crippen LogP contribution in [-0.2, 0) is 4.79 Å². The summed E-state index contributed by atoms with van der Waals surface area (Å²) in [5.41, 5.74) is -0.415. The normalized spacial score (nSPS) is 15.7. The van der Waals surface area contributed by atoms with Gasteiger partial charge >= 0.3 is 12.0 Å². The van der Waals surface area contributed by atoms with Crippen LogP contribution in [0.4, 0.5) is 10.5 Å². The number of urea groups is 1. The van der Waals surface area contributed by atoms with Gasteiger partial charge in [0.25, 0.3) is 0 Å². The minimum atomic E-state index is -0.881. The molecule has 0 bridgehead atoms. The van der Waals surface area contributed by atoms with Gasteiger partial charge in [-0.25, -0.2) is 4.79 Å². The zero-order valence-electron chi connectivity index (χ0n) is 9.87. The summed E-state index contributed by atoms with van der Waals surface area (Å²) in [6.07, 6.45) is 1.17. The van der Waals surface area contributed by atoms with Crippen molar-refractivity contribution in [2.24, 2.45) is 5.41 Å². The molecular weight excluding hydrogens is 291 g/mol. The number of halogens is 2. The minimum Gasteiger partial charge on any atom is -0.481 e. The Morgan fingerprint density at radius 2 is 2.00 bits per heavy atom. The highest BCUT2D eigenvalue weighted by atomic mass is 35.5. The van der Waals surface area contributed by atoms with Gasteiger partial charge in [0.1, 0.15) is 0 Å². The van der Waals surface area contributed by atoms with Crippen LogP contribution in [0.2, 0.25) is 10.0 Å². The van der Waals surface area contributed by atoms with E-state index in [0.29, 0.717) is 28.6 Å². The van der Waals surface area contributed by atoms with Crippen LogP contribution in [0.5, 0.6) is 0 Å². The van der Waals surface area contributed by atoms with E-state index < -0.39 is 17.4 Å². The Hall–Kier alpha value is -1.46. The summed E-state index contributed by atoms with van der Waals surface area (Å²) in [5.74, 6) is -0.881. The Bertz CT molecular complexity index is 530. The second-order valence-electron chi connectivity index (χ2n) is 4.52. The number of amides is 2. The van der Waals surface area contributed by atoms with Crippen molar-refractivity contribution in [1.82, 2.24) is 5.32 Å². The first-order valence-corrected chi connectivity index (χ1v) is 6.42. The molecule has 1 aliphatic carbocycles. The van der Waals surface area contributed by atoms with Crippen molar-refractivity contribution in [2.75, 3.05) is 11.9 Å². The topological polar surface area (TPSA) is 78.4 Å². The molecule has 0 unspecified atom stereocenters. The molecule has 0 saturated heterocycles. The molecule has 1 aliphatic rings. The van der Waals surface area contributed by atoms with Crippen LogP contribution in [0.1, 0.15) is 12.8 Å². The van der Waals surface area contributed by atoms with Crippen LogP contribution < -0.4 is 10.6 Å². The maximum absolute atomic E-state index is 11.7. The minimum absolute atomic E-state index is 0.104. The molecule has 3 N–H and O–H groups in total. The van der Waals surface area contributed by atoms with Crippen molar-refractivity contribution in [3.8, 4) is 0 Å². The summed E-state index contributed by atoms with van der Waals surface area (Å²) in [5, 5.41) is 14.8. The van der Waals surface area contributed by atoms with E-state index in [1.807, 2.05) is 0 Å². The summed E-state index contributed by atoms with van der Waals surface area (Å²) in [6.45, 7) is 0.104. The molecule has 2 amide bonds. The van der Waals surface area contributed by atoms with Crippen molar-refractivity contribution in [1.29, 1.82) is 0 Å². The fourth-order valence-electron chi connectivity index (χ4n) is 1.63. The second-order valence-corrected chi connectivity index (χ2v) is 5.36. The highest BCUT2D eigenvalue weighted by molar-refractivity contribution is 6.35. The van der Waals surface area contributed by atoms with Crippen molar-refractivity contribution in [3.63, 3.8) is 0 Å². The molecule has 102 valence electrons. The molecule has 0 heterocycles. The Kier molecular flexibility index (Phi) is 3.87. The molecule has 0 aliphatic heterocycles. The summed E-state index contributed by atoms with van der Waals surface area (Å²) < 4.78 is 0. The number of hydrogen-bond donors (Lipinski definition) is 3. The van der Waals surface area contributed by atoms with Gasteiger partial charge in [-0.15, -0.1) is 0 Å². The molecule has 1 fully saturated rings. The molecule has 0 radical (unpaired) electrons. The van der Waals surface area contributed by atoms with Gasteiger partial charge in [0.15, 0.2) is 0 Å². The summed E-state index contributed by atoms with van der Waals surface area (Å²) in [7, 11) is 0. The number of benzene rings is 1. The van der Waals surface area contributed by atoms with Crippen molar-refractivity contribution in [2.45, 2.75) is 12.8 Å². The smallest absolute Gasteiger partial charge is 0.319 e. The lowest BCUT2D eigenvalue weighted by Gasteiger charge is -2.12. The Morgan fingerprint density at radius 3 is 2.58 bits per heavy atom. The predicted molar refractivity (Wildman–Crippen MR) is 72.8 cm³/mol. The lowest BCUT2D eigenvalue weighted by Crippen LogP contribution is -2.36. The van der Waals surface area contributed by atoms with Crippen molar-refractivity contribution >= 4 is 40.9 Å². The maximum Gasteiger partial charge on any atom is 0.319 e. The third-order valence-electron chi connectivity index (χ3n) is 3.07. The zero-order chi connectivity index (χ0) is 14.0. The van der Waals surface area contributed by atoms with Crippen molar-refractivity contribution < 1.29 is 14.7 Å². The Morgan fingerprint density at radius 1 is 1.32 bits per heavy atom.